The zero-order valence-corrected chi connectivity index (χ0v) is 9.39. The first-order chi connectivity index (χ1) is 6.77. The molecular formula is C11H12BrFO. The monoisotopic (exact) mass is 258 g/mol. The van der Waals surface area contributed by atoms with E-state index in [9.17, 15) is 4.39 Å². The SMILES string of the molecule is C=CCOc1ccc(F)cc1CCBr. The molecule has 14 heavy (non-hydrogen) atoms. The molecule has 1 nitrogen and oxygen atoms in total. The number of alkyl halides is 1. The molecule has 1 rings (SSSR count). The van der Waals surface area contributed by atoms with Gasteiger partial charge in [-0.05, 0) is 30.2 Å². The molecule has 0 spiro atoms. The third kappa shape index (κ3) is 3.14. The van der Waals surface area contributed by atoms with E-state index in [4.69, 9.17) is 4.74 Å². The van der Waals surface area contributed by atoms with Gasteiger partial charge in [-0.2, -0.15) is 0 Å². The van der Waals surface area contributed by atoms with Gasteiger partial charge >= 0.3 is 0 Å². The molecule has 3 heteroatoms. The van der Waals surface area contributed by atoms with Crippen molar-refractivity contribution in [2.45, 2.75) is 6.42 Å². The van der Waals surface area contributed by atoms with E-state index in [0.29, 0.717) is 6.61 Å². The molecule has 0 aliphatic carbocycles. The molecule has 0 heterocycles. The van der Waals surface area contributed by atoms with Crippen LogP contribution in [0.15, 0.2) is 30.9 Å². The Kier molecular flexibility index (Phi) is 4.66. The van der Waals surface area contributed by atoms with Crippen LogP contribution < -0.4 is 4.74 Å². The topological polar surface area (TPSA) is 9.23 Å². The van der Waals surface area contributed by atoms with Crippen molar-refractivity contribution < 1.29 is 9.13 Å². The Balaban J connectivity index is 2.83. The highest BCUT2D eigenvalue weighted by Gasteiger charge is 2.03. The van der Waals surface area contributed by atoms with Crippen molar-refractivity contribution in [3.8, 4) is 5.75 Å². The summed E-state index contributed by atoms with van der Waals surface area (Å²) in [5.74, 6) is 0.498. The predicted octanol–water partition coefficient (Wildman–Crippen LogP) is 3.33. The minimum Gasteiger partial charge on any atom is -0.489 e. The smallest absolute Gasteiger partial charge is 0.123 e. The zero-order valence-electron chi connectivity index (χ0n) is 7.80. The molecule has 0 saturated carbocycles. The van der Waals surface area contributed by atoms with Gasteiger partial charge in [0.05, 0.1) is 0 Å². The summed E-state index contributed by atoms with van der Waals surface area (Å²) in [5, 5.41) is 0.793. The van der Waals surface area contributed by atoms with Gasteiger partial charge < -0.3 is 4.74 Å². The van der Waals surface area contributed by atoms with Crippen LogP contribution in [0.1, 0.15) is 5.56 Å². The number of hydrogen-bond donors (Lipinski definition) is 0. The van der Waals surface area contributed by atoms with Gasteiger partial charge in [0.25, 0.3) is 0 Å². The maximum Gasteiger partial charge on any atom is 0.123 e. The number of halogens is 2. The minimum atomic E-state index is -0.230. The molecule has 0 aliphatic rings. The van der Waals surface area contributed by atoms with Crippen molar-refractivity contribution in [1.29, 1.82) is 0 Å². The van der Waals surface area contributed by atoms with Gasteiger partial charge in [0, 0.05) is 5.33 Å². The molecule has 0 amide bonds. The second kappa shape index (κ2) is 5.81. The lowest BCUT2D eigenvalue weighted by molar-refractivity contribution is 0.358. The van der Waals surface area contributed by atoms with Crippen LogP contribution in [0.3, 0.4) is 0 Å². The highest BCUT2D eigenvalue weighted by molar-refractivity contribution is 9.09. The number of rotatable bonds is 5. The number of benzene rings is 1. The fourth-order valence-corrected chi connectivity index (χ4v) is 1.56. The van der Waals surface area contributed by atoms with Crippen LogP contribution in [-0.2, 0) is 6.42 Å². The van der Waals surface area contributed by atoms with E-state index in [-0.39, 0.29) is 5.82 Å². The zero-order chi connectivity index (χ0) is 10.4. The van der Waals surface area contributed by atoms with Crippen molar-refractivity contribution in [3.63, 3.8) is 0 Å². The first-order valence-corrected chi connectivity index (χ1v) is 5.48. The molecule has 0 atom stereocenters. The summed E-state index contributed by atoms with van der Waals surface area (Å²) in [7, 11) is 0. The van der Waals surface area contributed by atoms with Crippen LogP contribution in [-0.4, -0.2) is 11.9 Å². The van der Waals surface area contributed by atoms with Gasteiger partial charge in [0.2, 0.25) is 0 Å². The second-order valence-electron chi connectivity index (χ2n) is 2.79. The van der Waals surface area contributed by atoms with Crippen molar-refractivity contribution >= 4 is 15.9 Å². The predicted molar refractivity (Wildman–Crippen MR) is 59.6 cm³/mol. The first-order valence-electron chi connectivity index (χ1n) is 4.36. The van der Waals surface area contributed by atoms with E-state index in [2.05, 4.69) is 22.5 Å². The summed E-state index contributed by atoms with van der Waals surface area (Å²) in [5.41, 5.74) is 0.878. The fourth-order valence-electron chi connectivity index (χ4n) is 1.13. The van der Waals surface area contributed by atoms with Crippen molar-refractivity contribution in [1.82, 2.24) is 0 Å². The van der Waals surface area contributed by atoms with Crippen molar-refractivity contribution in [2.75, 3.05) is 11.9 Å². The summed E-state index contributed by atoms with van der Waals surface area (Å²) in [6, 6.07) is 4.55. The molecule has 0 aromatic heterocycles. The largest absolute Gasteiger partial charge is 0.489 e. The average Bonchev–Trinajstić information content (AvgIpc) is 2.17. The van der Waals surface area contributed by atoms with Gasteiger partial charge in [-0.25, -0.2) is 4.39 Å². The summed E-state index contributed by atoms with van der Waals surface area (Å²) < 4.78 is 18.3. The van der Waals surface area contributed by atoms with E-state index < -0.39 is 0 Å². The van der Waals surface area contributed by atoms with Gasteiger partial charge in [0.1, 0.15) is 18.2 Å². The molecule has 76 valence electrons. The Labute approximate surface area is 91.7 Å². The van der Waals surface area contributed by atoms with Gasteiger partial charge in [-0.15, -0.1) is 0 Å². The van der Waals surface area contributed by atoms with E-state index in [0.717, 1.165) is 23.1 Å². The Morgan fingerprint density at radius 2 is 2.29 bits per heavy atom. The lowest BCUT2D eigenvalue weighted by Crippen LogP contribution is -1.98. The number of ether oxygens (including phenoxy) is 1. The van der Waals surface area contributed by atoms with E-state index in [1.54, 1.807) is 12.1 Å². The van der Waals surface area contributed by atoms with Gasteiger partial charge in [0.15, 0.2) is 0 Å². The molecule has 0 radical (unpaired) electrons. The lowest BCUT2D eigenvalue weighted by atomic mass is 10.1. The molecule has 0 unspecified atom stereocenters. The Bertz CT molecular complexity index is 312. The molecule has 0 bridgehead atoms. The van der Waals surface area contributed by atoms with Gasteiger partial charge in [-0.1, -0.05) is 28.6 Å². The molecule has 0 N–H and O–H groups in total. The fraction of sp³-hybridized carbons (Fsp3) is 0.273. The molecule has 0 saturated heterocycles. The van der Waals surface area contributed by atoms with Crippen molar-refractivity contribution in [2.24, 2.45) is 0 Å². The third-order valence-electron chi connectivity index (χ3n) is 1.74. The van der Waals surface area contributed by atoms with E-state index >= 15 is 0 Å². The normalized spacial score (nSPS) is 9.86. The Morgan fingerprint density at radius 3 is 2.93 bits per heavy atom. The maximum absolute atomic E-state index is 12.9. The van der Waals surface area contributed by atoms with Gasteiger partial charge in [-0.3, -0.25) is 0 Å². The summed E-state index contributed by atoms with van der Waals surface area (Å²) in [6.45, 7) is 4.01. The molecule has 0 fully saturated rings. The van der Waals surface area contributed by atoms with Crippen LogP contribution in [0.4, 0.5) is 4.39 Å². The molecule has 1 aromatic rings. The molecular weight excluding hydrogens is 247 g/mol. The molecule has 0 aliphatic heterocycles. The van der Waals surface area contributed by atoms with Crippen LogP contribution in [0.5, 0.6) is 5.75 Å². The highest BCUT2D eigenvalue weighted by Crippen LogP contribution is 2.20. The summed E-state index contributed by atoms with van der Waals surface area (Å²) in [6.07, 6.45) is 2.42. The number of hydrogen-bond acceptors (Lipinski definition) is 1. The van der Waals surface area contributed by atoms with E-state index in [1.165, 1.54) is 12.1 Å². The standard InChI is InChI=1S/C11H12BrFO/c1-2-7-14-11-4-3-10(13)8-9(11)5-6-12/h2-4,8H,1,5-7H2. The van der Waals surface area contributed by atoms with Crippen LogP contribution >= 0.6 is 15.9 Å². The summed E-state index contributed by atoms with van der Waals surface area (Å²) >= 11 is 3.31. The number of aryl methyl sites for hydroxylation is 1. The van der Waals surface area contributed by atoms with Crippen LogP contribution in [0, 0.1) is 5.82 Å². The quantitative estimate of drug-likeness (QED) is 0.582. The minimum absolute atomic E-state index is 0.230. The van der Waals surface area contributed by atoms with Crippen LogP contribution in [0.25, 0.3) is 0 Å². The van der Waals surface area contributed by atoms with Crippen LogP contribution in [0.2, 0.25) is 0 Å². The maximum atomic E-state index is 12.9. The molecule has 1 aromatic carbocycles. The summed E-state index contributed by atoms with van der Waals surface area (Å²) in [4.78, 5) is 0. The van der Waals surface area contributed by atoms with E-state index in [1.807, 2.05) is 0 Å². The van der Waals surface area contributed by atoms with Crippen molar-refractivity contribution in [3.05, 3.63) is 42.2 Å². The average molecular weight is 259 g/mol. The third-order valence-corrected chi connectivity index (χ3v) is 2.14. The Morgan fingerprint density at radius 1 is 1.50 bits per heavy atom. The second-order valence-corrected chi connectivity index (χ2v) is 3.58. The first kappa shape index (κ1) is 11.2. The lowest BCUT2D eigenvalue weighted by Gasteiger charge is -2.08. The Hall–Kier alpha value is -0.830. The highest BCUT2D eigenvalue weighted by atomic mass is 79.9.